The van der Waals surface area contributed by atoms with Crippen LogP contribution >= 0.6 is 0 Å². The Kier molecular flexibility index (Phi) is 4.58. The Hall–Kier alpha value is -3.61. The smallest absolute Gasteiger partial charge is 0.160 e. The number of nitrogens with zero attached hydrogens (tertiary/aromatic N) is 3. The van der Waals surface area contributed by atoms with Gasteiger partial charge in [-0.15, -0.1) is 0 Å². The number of aryl methyl sites for hydroxylation is 1. The van der Waals surface area contributed by atoms with Crippen molar-refractivity contribution >= 4 is 28.3 Å². The number of carbonyl (C=O) groups is 1. The van der Waals surface area contributed by atoms with Gasteiger partial charge in [0.15, 0.2) is 23.1 Å². The van der Waals surface area contributed by atoms with Crippen LogP contribution in [0, 0.1) is 25.5 Å². The molecular formula is C22H18F2N4O. The fourth-order valence-electron chi connectivity index (χ4n) is 3.39. The molecule has 5 nitrogen and oxygen atoms in total. The summed E-state index contributed by atoms with van der Waals surface area (Å²) in [4.78, 5) is 20.4. The van der Waals surface area contributed by atoms with Crippen LogP contribution in [0.4, 0.5) is 20.3 Å². The number of aromatic nitrogens is 3. The minimum atomic E-state index is -0.921. The van der Waals surface area contributed by atoms with Gasteiger partial charge in [-0.1, -0.05) is 12.1 Å². The lowest BCUT2D eigenvalue weighted by atomic mass is 10.1. The summed E-state index contributed by atoms with van der Waals surface area (Å²) in [6.07, 6.45) is 1.41. The molecule has 146 valence electrons. The van der Waals surface area contributed by atoms with Gasteiger partial charge in [0.25, 0.3) is 0 Å². The molecule has 4 rings (SSSR count). The first-order valence-electron chi connectivity index (χ1n) is 9.03. The third-order valence-corrected chi connectivity index (χ3v) is 4.99. The summed E-state index contributed by atoms with van der Waals surface area (Å²) in [6.45, 7) is 5.32. The Labute approximate surface area is 166 Å². The number of carbonyl (C=O) groups excluding carboxylic acids is 1. The van der Waals surface area contributed by atoms with Gasteiger partial charge < -0.3 is 5.32 Å². The van der Waals surface area contributed by atoms with Crippen LogP contribution in [-0.4, -0.2) is 20.3 Å². The van der Waals surface area contributed by atoms with E-state index >= 15 is 0 Å². The van der Waals surface area contributed by atoms with E-state index < -0.39 is 11.6 Å². The predicted octanol–water partition coefficient (Wildman–Crippen LogP) is 5.26. The van der Waals surface area contributed by atoms with Gasteiger partial charge in [0.1, 0.15) is 12.1 Å². The van der Waals surface area contributed by atoms with Gasteiger partial charge in [-0.2, -0.15) is 0 Å². The molecule has 29 heavy (non-hydrogen) atoms. The molecule has 0 saturated heterocycles. The average Bonchev–Trinajstić information content (AvgIpc) is 2.96. The van der Waals surface area contributed by atoms with E-state index in [1.807, 2.05) is 19.9 Å². The van der Waals surface area contributed by atoms with Crippen molar-refractivity contribution in [2.45, 2.75) is 20.8 Å². The highest BCUT2D eigenvalue weighted by molar-refractivity contribution is 5.97. The van der Waals surface area contributed by atoms with Gasteiger partial charge in [-0.25, -0.2) is 18.7 Å². The molecule has 2 aromatic heterocycles. The quantitative estimate of drug-likeness (QED) is 0.481. The zero-order valence-electron chi connectivity index (χ0n) is 16.1. The first-order valence-corrected chi connectivity index (χ1v) is 9.03. The molecule has 2 aromatic carbocycles. The number of benzene rings is 2. The molecule has 0 amide bonds. The van der Waals surface area contributed by atoms with Crippen LogP contribution in [0.3, 0.4) is 0 Å². The number of anilines is 2. The Morgan fingerprint density at radius 2 is 1.83 bits per heavy atom. The van der Waals surface area contributed by atoms with Gasteiger partial charge in [-0.05, 0) is 50.6 Å². The molecule has 0 bridgehead atoms. The molecule has 0 spiro atoms. The Bertz CT molecular complexity index is 1260. The maximum atomic E-state index is 13.8. The number of hydrogen-bond donors (Lipinski definition) is 1. The molecule has 1 N–H and O–H groups in total. The fraction of sp³-hybridized carbons (Fsp3) is 0.136. The fourth-order valence-corrected chi connectivity index (χ4v) is 3.39. The lowest BCUT2D eigenvalue weighted by Gasteiger charge is -2.10. The molecule has 0 aliphatic carbocycles. The number of Topliss-reactive ketones (excluding diaryl/α,β-unsaturated/α-hetero) is 1. The first kappa shape index (κ1) is 18.7. The number of fused-ring (bicyclic) bond motifs is 1. The molecular weight excluding hydrogens is 374 g/mol. The molecule has 4 aromatic rings. The van der Waals surface area contributed by atoms with Crippen LogP contribution in [0.2, 0.25) is 0 Å². The van der Waals surface area contributed by atoms with E-state index in [1.54, 1.807) is 22.8 Å². The summed E-state index contributed by atoms with van der Waals surface area (Å²) in [5, 5.41) is 4.01. The van der Waals surface area contributed by atoms with Crippen LogP contribution in [0.5, 0.6) is 0 Å². The van der Waals surface area contributed by atoms with E-state index in [9.17, 15) is 13.6 Å². The maximum absolute atomic E-state index is 13.8. The normalized spacial score (nSPS) is 11.1. The van der Waals surface area contributed by atoms with Crippen molar-refractivity contribution in [3.8, 4) is 5.69 Å². The van der Waals surface area contributed by atoms with E-state index in [1.165, 1.54) is 19.3 Å². The molecule has 0 aliphatic rings. The SMILES string of the molecule is CC(=O)c1cccc(Nc2ncnc3c2c(C)c(C)n3-c2ccc(F)c(F)c2)c1. The van der Waals surface area contributed by atoms with Crippen molar-refractivity contribution in [1.82, 2.24) is 14.5 Å². The monoisotopic (exact) mass is 392 g/mol. The van der Waals surface area contributed by atoms with Gasteiger partial charge in [0, 0.05) is 23.0 Å². The molecule has 2 heterocycles. The van der Waals surface area contributed by atoms with E-state index in [-0.39, 0.29) is 5.78 Å². The van der Waals surface area contributed by atoms with E-state index in [2.05, 4.69) is 15.3 Å². The summed E-state index contributed by atoms with van der Waals surface area (Å²) < 4.78 is 29.0. The number of ketones is 1. The molecule has 0 fully saturated rings. The zero-order valence-corrected chi connectivity index (χ0v) is 16.1. The lowest BCUT2D eigenvalue weighted by Crippen LogP contribution is -2.01. The van der Waals surface area contributed by atoms with Crippen molar-refractivity contribution in [3.05, 3.63) is 77.2 Å². The lowest BCUT2D eigenvalue weighted by molar-refractivity contribution is 0.101. The third-order valence-electron chi connectivity index (χ3n) is 4.99. The Morgan fingerprint density at radius 1 is 1.03 bits per heavy atom. The maximum Gasteiger partial charge on any atom is 0.160 e. The highest BCUT2D eigenvalue weighted by Crippen LogP contribution is 2.33. The number of halogens is 2. The summed E-state index contributed by atoms with van der Waals surface area (Å²) in [5.41, 5.74) is 4.11. The van der Waals surface area contributed by atoms with Crippen LogP contribution in [-0.2, 0) is 0 Å². The van der Waals surface area contributed by atoms with Crippen LogP contribution in [0.1, 0.15) is 28.5 Å². The molecule has 0 saturated carbocycles. The van der Waals surface area contributed by atoms with Gasteiger partial charge >= 0.3 is 0 Å². The number of nitrogens with one attached hydrogen (secondary N) is 1. The summed E-state index contributed by atoms with van der Waals surface area (Å²) in [7, 11) is 0. The minimum absolute atomic E-state index is 0.0296. The van der Waals surface area contributed by atoms with E-state index in [4.69, 9.17) is 0 Å². The molecule has 0 aliphatic heterocycles. The molecule has 0 unspecified atom stereocenters. The number of rotatable bonds is 4. The highest BCUT2D eigenvalue weighted by atomic mass is 19.2. The Morgan fingerprint density at radius 3 is 2.55 bits per heavy atom. The average molecular weight is 392 g/mol. The van der Waals surface area contributed by atoms with Crippen molar-refractivity contribution in [1.29, 1.82) is 0 Å². The van der Waals surface area contributed by atoms with Crippen molar-refractivity contribution in [2.75, 3.05) is 5.32 Å². The van der Waals surface area contributed by atoms with Gasteiger partial charge in [0.05, 0.1) is 11.1 Å². The summed E-state index contributed by atoms with van der Waals surface area (Å²) >= 11 is 0. The molecule has 0 radical (unpaired) electrons. The van der Waals surface area contributed by atoms with Crippen molar-refractivity contribution in [2.24, 2.45) is 0 Å². The third kappa shape index (κ3) is 3.24. The second-order valence-corrected chi connectivity index (χ2v) is 6.83. The van der Waals surface area contributed by atoms with Crippen LogP contribution in [0.15, 0.2) is 48.8 Å². The van der Waals surface area contributed by atoms with Crippen molar-refractivity contribution in [3.63, 3.8) is 0 Å². The van der Waals surface area contributed by atoms with E-state index in [0.29, 0.717) is 22.7 Å². The summed E-state index contributed by atoms with van der Waals surface area (Å²) in [5.74, 6) is -1.28. The standard InChI is InChI=1S/C22H18F2N4O/c1-12-13(2)28(17-7-8-18(23)19(24)10-17)22-20(12)21(25-11-26-22)27-16-6-4-5-15(9-16)14(3)29/h4-11H,1-3H3,(H,25,26,27). The minimum Gasteiger partial charge on any atom is -0.340 e. The topological polar surface area (TPSA) is 59.8 Å². The molecule has 0 atom stereocenters. The van der Waals surface area contributed by atoms with E-state index in [0.717, 1.165) is 34.5 Å². The first-order chi connectivity index (χ1) is 13.9. The van der Waals surface area contributed by atoms with Crippen LogP contribution in [0.25, 0.3) is 16.7 Å². The highest BCUT2D eigenvalue weighted by Gasteiger charge is 2.18. The summed E-state index contributed by atoms with van der Waals surface area (Å²) in [6, 6.07) is 10.9. The Balaban J connectivity index is 1.87. The molecule has 7 heteroatoms. The van der Waals surface area contributed by atoms with Gasteiger partial charge in [0.2, 0.25) is 0 Å². The van der Waals surface area contributed by atoms with Gasteiger partial charge in [-0.3, -0.25) is 9.36 Å². The second kappa shape index (κ2) is 7.09. The van der Waals surface area contributed by atoms with Crippen LogP contribution < -0.4 is 5.32 Å². The number of hydrogen-bond acceptors (Lipinski definition) is 4. The second-order valence-electron chi connectivity index (χ2n) is 6.83. The predicted molar refractivity (Wildman–Crippen MR) is 108 cm³/mol. The zero-order chi connectivity index (χ0) is 20.7. The van der Waals surface area contributed by atoms with Crippen molar-refractivity contribution < 1.29 is 13.6 Å². The largest absolute Gasteiger partial charge is 0.340 e.